The number of hydrogen-bond donors (Lipinski definition) is 0. The summed E-state index contributed by atoms with van der Waals surface area (Å²) in [5.41, 5.74) is 0.963. The van der Waals surface area contributed by atoms with Crippen molar-refractivity contribution in [2.75, 3.05) is 6.54 Å². The summed E-state index contributed by atoms with van der Waals surface area (Å²) in [5.74, 6) is -0.555. The van der Waals surface area contributed by atoms with Crippen molar-refractivity contribution >= 4 is 17.3 Å². The van der Waals surface area contributed by atoms with Crippen LogP contribution in [-0.2, 0) is 0 Å². The van der Waals surface area contributed by atoms with Crippen molar-refractivity contribution in [1.29, 1.82) is 0 Å². The van der Waals surface area contributed by atoms with Crippen LogP contribution in [0.1, 0.15) is 5.56 Å². The Morgan fingerprint density at radius 2 is 2.05 bits per heavy atom. The summed E-state index contributed by atoms with van der Waals surface area (Å²) in [5, 5.41) is 0.257. The average Bonchev–Trinajstić information content (AvgIpc) is 2.32. The fourth-order valence-corrected chi connectivity index (χ4v) is 2.03. The predicted molar refractivity (Wildman–Crippen MR) is 70.4 cm³/mol. The Balaban J connectivity index is 2.42. The first-order valence-corrected chi connectivity index (χ1v) is 5.95. The number of rotatable bonds is 3. The van der Waals surface area contributed by atoms with Gasteiger partial charge in [0.1, 0.15) is 5.82 Å². The zero-order valence-corrected chi connectivity index (χ0v) is 10.7. The molecule has 0 aliphatic carbocycles. The molecule has 19 heavy (non-hydrogen) atoms. The maximum absolute atomic E-state index is 13.9. The Morgan fingerprint density at radius 3 is 2.68 bits per heavy atom. The van der Waals surface area contributed by atoms with Crippen LogP contribution in [0.5, 0.6) is 0 Å². The minimum atomic E-state index is -2.54. The lowest BCUT2D eigenvalue weighted by Crippen LogP contribution is -2.27. The van der Waals surface area contributed by atoms with E-state index in [0.717, 1.165) is 6.07 Å². The molecule has 0 atom stereocenters. The Bertz CT molecular complexity index is 564. The second-order valence-corrected chi connectivity index (χ2v) is 4.46. The van der Waals surface area contributed by atoms with Crippen LogP contribution in [0.15, 0.2) is 48.7 Å². The van der Waals surface area contributed by atoms with E-state index in [9.17, 15) is 13.2 Å². The highest BCUT2D eigenvalue weighted by molar-refractivity contribution is 6.30. The molecule has 0 fully saturated rings. The van der Waals surface area contributed by atoms with Crippen LogP contribution in [0, 0.1) is 5.82 Å². The van der Waals surface area contributed by atoms with E-state index in [1.807, 2.05) is 0 Å². The summed E-state index contributed by atoms with van der Waals surface area (Å²) >= 11 is 5.68. The van der Waals surface area contributed by atoms with Crippen LogP contribution >= 0.6 is 11.6 Å². The first kappa shape index (κ1) is 13.7. The molecule has 0 N–H and O–H groups in total. The fourth-order valence-electron chi connectivity index (χ4n) is 1.87. The molecule has 5 heteroatoms. The highest BCUT2D eigenvalue weighted by Gasteiger charge is 2.21. The lowest BCUT2D eigenvalue weighted by atomic mass is 10.1. The fraction of sp³-hybridized carbons (Fsp3) is 0.143. The van der Waals surface area contributed by atoms with Gasteiger partial charge >= 0.3 is 0 Å². The Hall–Kier alpha value is -1.68. The number of allylic oxidation sites excluding steroid dienone is 3. The van der Waals surface area contributed by atoms with Crippen LogP contribution in [0.3, 0.4) is 0 Å². The highest BCUT2D eigenvalue weighted by atomic mass is 35.5. The second kappa shape index (κ2) is 5.53. The maximum Gasteiger partial charge on any atom is 0.256 e. The number of halogens is 4. The van der Waals surface area contributed by atoms with Gasteiger partial charge in [-0.1, -0.05) is 24.3 Å². The van der Waals surface area contributed by atoms with Crippen molar-refractivity contribution < 1.29 is 13.2 Å². The molecule has 0 spiro atoms. The van der Waals surface area contributed by atoms with Gasteiger partial charge in [-0.15, -0.1) is 0 Å². The molecule has 0 saturated heterocycles. The summed E-state index contributed by atoms with van der Waals surface area (Å²) < 4.78 is 39.1. The molecule has 0 amide bonds. The Kier molecular flexibility index (Phi) is 4.00. The van der Waals surface area contributed by atoms with Crippen molar-refractivity contribution in [3.05, 3.63) is 65.1 Å². The molecule has 1 heterocycles. The number of nitrogens with zero attached hydrogens (tertiary/aromatic N) is 1. The van der Waals surface area contributed by atoms with Gasteiger partial charge in [-0.05, 0) is 30.4 Å². The van der Waals surface area contributed by atoms with Crippen LogP contribution in [0.25, 0.3) is 5.70 Å². The minimum Gasteiger partial charge on any atom is -0.336 e. The summed E-state index contributed by atoms with van der Waals surface area (Å²) in [4.78, 5) is 1.29. The molecular formula is C14H11ClF3N. The lowest BCUT2D eigenvalue weighted by molar-refractivity contribution is 0.123. The van der Waals surface area contributed by atoms with Gasteiger partial charge in [0.05, 0.1) is 12.2 Å². The third kappa shape index (κ3) is 3.01. The molecule has 1 nitrogen and oxygen atoms in total. The molecule has 0 aromatic heterocycles. The normalized spacial score (nSPS) is 15.1. The molecule has 2 rings (SSSR count). The predicted octanol–water partition coefficient (Wildman–Crippen LogP) is 4.47. The van der Waals surface area contributed by atoms with E-state index in [1.165, 1.54) is 17.0 Å². The minimum absolute atomic E-state index is 0.218. The van der Waals surface area contributed by atoms with Gasteiger partial charge in [0.2, 0.25) is 0 Å². The van der Waals surface area contributed by atoms with E-state index >= 15 is 0 Å². The number of hydrogen-bond acceptors (Lipinski definition) is 1. The first-order chi connectivity index (χ1) is 8.99. The van der Waals surface area contributed by atoms with Gasteiger partial charge < -0.3 is 4.90 Å². The highest BCUT2D eigenvalue weighted by Crippen LogP contribution is 2.30. The van der Waals surface area contributed by atoms with E-state index in [1.54, 1.807) is 18.2 Å². The van der Waals surface area contributed by atoms with Gasteiger partial charge in [0.15, 0.2) is 0 Å². The third-order valence-electron chi connectivity index (χ3n) is 2.71. The number of benzene rings is 1. The van der Waals surface area contributed by atoms with Gasteiger partial charge in [-0.3, -0.25) is 0 Å². The smallest absolute Gasteiger partial charge is 0.256 e. The molecular weight excluding hydrogens is 275 g/mol. The van der Waals surface area contributed by atoms with Crippen LogP contribution in [-0.4, -0.2) is 17.9 Å². The van der Waals surface area contributed by atoms with Crippen molar-refractivity contribution in [2.24, 2.45) is 0 Å². The molecule has 1 aromatic carbocycles. The van der Waals surface area contributed by atoms with Crippen LogP contribution in [0.2, 0.25) is 5.02 Å². The SMILES string of the molecule is C=C1C=CC=C(c2ccc(Cl)cc2F)N1CC(F)F. The van der Waals surface area contributed by atoms with E-state index < -0.39 is 18.8 Å². The quantitative estimate of drug-likeness (QED) is 0.792. The lowest BCUT2D eigenvalue weighted by Gasteiger charge is -2.30. The van der Waals surface area contributed by atoms with Crippen molar-refractivity contribution in [3.8, 4) is 0 Å². The summed E-state index contributed by atoms with van der Waals surface area (Å²) in [6, 6.07) is 4.14. The number of alkyl halides is 2. The van der Waals surface area contributed by atoms with E-state index in [0.29, 0.717) is 11.4 Å². The van der Waals surface area contributed by atoms with E-state index in [2.05, 4.69) is 6.58 Å². The average molecular weight is 286 g/mol. The van der Waals surface area contributed by atoms with E-state index in [4.69, 9.17) is 11.6 Å². The van der Waals surface area contributed by atoms with Crippen LogP contribution < -0.4 is 0 Å². The molecule has 0 unspecified atom stereocenters. The second-order valence-electron chi connectivity index (χ2n) is 4.03. The van der Waals surface area contributed by atoms with Gasteiger partial charge in [-0.2, -0.15) is 0 Å². The zero-order valence-electron chi connectivity index (χ0n) is 9.91. The molecule has 1 aromatic rings. The van der Waals surface area contributed by atoms with E-state index in [-0.39, 0.29) is 10.6 Å². The summed E-state index contributed by atoms with van der Waals surface area (Å²) in [6.07, 6.45) is 2.28. The maximum atomic E-state index is 13.9. The third-order valence-corrected chi connectivity index (χ3v) is 2.94. The first-order valence-electron chi connectivity index (χ1n) is 5.57. The van der Waals surface area contributed by atoms with Crippen LogP contribution in [0.4, 0.5) is 13.2 Å². The summed E-state index contributed by atoms with van der Waals surface area (Å²) in [6.45, 7) is 3.16. The Labute approximate surface area is 114 Å². The molecule has 100 valence electrons. The van der Waals surface area contributed by atoms with Crippen molar-refractivity contribution in [2.45, 2.75) is 6.43 Å². The molecule has 0 bridgehead atoms. The monoisotopic (exact) mass is 285 g/mol. The summed E-state index contributed by atoms with van der Waals surface area (Å²) in [7, 11) is 0. The zero-order chi connectivity index (χ0) is 14.0. The molecule has 0 radical (unpaired) electrons. The van der Waals surface area contributed by atoms with Crippen molar-refractivity contribution in [3.63, 3.8) is 0 Å². The standard InChI is InChI=1S/C14H11ClF3N/c1-9-3-2-4-13(19(9)8-14(17)18)11-6-5-10(15)7-12(11)16/h2-7,14H,1,8H2. The topological polar surface area (TPSA) is 3.24 Å². The Morgan fingerprint density at radius 1 is 1.32 bits per heavy atom. The van der Waals surface area contributed by atoms with Crippen molar-refractivity contribution in [1.82, 2.24) is 4.90 Å². The molecule has 1 aliphatic rings. The molecule has 0 saturated carbocycles. The van der Waals surface area contributed by atoms with Gasteiger partial charge in [-0.25, -0.2) is 13.2 Å². The van der Waals surface area contributed by atoms with Gasteiger partial charge in [0.25, 0.3) is 6.43 Å². The van der Waals surface area contributed by atoms with Gasteiger partial charge in [0, 0.05) is 16.3 Å². The molecule has 1 aliphatic heterocycles. The largest absolute Gasteiger partial charge is 0.336 e.